The van der Waals surface area contributed by atoms with Gasteiger partial charge in [0.2, 0.25) is 0 Å². The van der Waals surface area contributed by atoms with Crippen molar-refractivity contribution in [1.29, 1.82) is 0 Å². The predicted molar refractivity (Wildman–Crippen MR) is 215 cm³/mol. The fourth-order valence-corrected chi connectivity index (χ4v) is 7.21. The summed E-state index contributed by atoms with van der Waals surface area (Å²) in [6.45, 7) is 4.51. The summed E-state index contributed by atoms with van der Waals surface area (Å²) in [5, 5.41) is 2.40. The van der Waals surface area contributed by atoms with Gasteiger partial charge in [0.25, 0.3) is 0 Å². The molecule has 242 valence electrons. The number of fused-ring (bicyclic) bond motifs is 4. The fourth-order valence-electron chi connectivity index (χ4n) is 7.21. The number of para-hydroxylation sites is 3. The van der Waals surface area contributed by atoms with Gasteiger partial charge in [-0.1, -0.05) is 127 Å². The Kier molecular flexibility index (Phi) is 7.67. The number of benzene rings is 7. The molecule has 1 aromatic heterocycles. The van der Waals surface area contributed by atoms with Crippen molar-refractivity contribution >= 4 is 45.9 Å². The van der Waals surface area contributed by atoms with Gasteiger partial charge in [0.05, 0.1) is 34.1 Å². The lowest BCUT2D eigenvalue weighted by molar-refractivity contribution is 0.937. The molecule has 0 saturated carbocycles. The summed E-state index contributed by atoms with van der Waals surface area (Å²) < 4.78 is 0. The molecule has 2 heterocycles. The van der Waals surface area contributed by atoms with Crippen LogP contribution in [0.3, 0.4) is 0 Å². The van der Waals surface area contributed by atoms with Crippen LogP contribution in [0.15, 0.2) is 187 Å². The summed E-state index contributed by atoms with van der Waals surface area (Å²) in [4.78, 5) is 14.4. The second kappa shape index (κ2) is 12.9. The van der Waals surface area contributed by atoms with Crippen LogP contribution >= 0.6 is 0 Å². The van der Waals surface area contributed by atoms with Crippen LogP contribution in [-0.2, 0) is 0 Å². The number of hydrogen-bond acceptors (Lipinski definition) is 4. The zero-order chi connectivity index (χ0) is 34.1. The van der Waals surface area contributed by atoms with Crippen molar-refractivity contribution in [3.63, 3.8) is 0 Å². The van der Waals surface area contributed by atoms with Crippen molar-refractivity contribution in [2.45, 2.75) is 0 Å². The summed E-state index contributed by atoms with van der Waals surface area (Å²) in [6, 6.07) is 64.3. The molecule has 0 atom stereocenters. The van der Waals surface area contributed by atoms with Gasteiger partial charge in [0.15, 0.2) is 0 Å². The van der Waals surface area contributed by atoms with Gasteiger partial charge in [-0.05, 0) is 83.2 Å². The summed E-state index contributed by atoms with van der Waals surface area (Å²) in [5.41, 5.74) is 13.9. The van der Waals surface area contributed by atoms with Crippen LogP contribution in [0.2, 0.25) is 0 Å². The second-order valence-electron chi connectivity index (χ2n) is 12.8. The minimum Gasteiger partial charge on any atom is -0.322 e. The third-order valence-corrected chi connectivity index (χ3v) is 9.72. The molecule has 1 aliphatic rings. The van der Waals surface area contributed by atoms with Gasteiger partial charge in [0, 0.05) is 27.9 Å². The van der Waals surface area contributed by atoms with E-state index in [1.54, 1.807) is 0 Å². The molecule has 8 aromatic rings. The smallest absolute Gasteiger partial charge is 0.100 e. The first-order valence-electron chi connectivity index (χ1n) is 17.2. The molecule has 0 bridgehead atoms. The molecule has 9 rings (SSSR count). The second-order valence-corrected chi connectivity index (χ2v) is 12.8. The molecule has 0 fully saturated rings. The Morgan fingerprint density at radius 1 is 0.431 bits per heavy atom. The third-order valence-electron chi connectivity index (χ3n) is 9.72. The fraction of sp³-hybridized carbons (Fsp3) is 0.0213. The average molecular weight is 655 g/mol. The molecule has 0 radical (unpaired) electrons. The van der Waals surface area contributed by atoms with Crippen molar-refractivity contribution in [3.05, 3.63) is 182 Å². The van der Waals surface area contributed by atoms with Crippen LogP contribution in [-0.4, -0.2) is 18.4 Å². The van der Waals surface area contributed by atoms with Crippen LogP contribution in [0.1, 0.15) is 0 Å². The monoisotopic (exact) mass is 654 g/mol. The molecule has 0 spiro atoms. The summed E-state index contributed by atoms with van der Waals surface area (Å²) in [7, 11) is 0. The molecule has 0 aliphatic carbocycles. The minimum atomic E-state index is 0.569. The molecule has 4 heteroatoms. The van der Waals surface area contributed by atoms with Crippen LogP contribution in [0.5, 0.6) is 0 Å². The predicted octanol–water partition coefficient (Wildman–Crippen LogP) is 12.5. The van der Waals surface area contributed by atoms with E-state index in [2.05, 4.69) is 179 Å². The first-order valence-corrected chi connectivity index (χ1v) is 17.2. The molecule has 0 N–H and O–H groups in total. The highest BCUT2D eigenvalue weighted by molar-refractivity contribution is 6.01. The maximum Gasteiger partial charge on any atom is 0.100 e. The molecule has 7 aromatic carbocycles. The van der Waals surface area contributed by atoms with Crippen LogP contribution < -0.4 is 9.80 Å². The van der Waals surface area contributed by atoms with Crippen LogP contribution in [0, 0.1) is 0 Å². The van der Waals surface area contributed by atoms with E-state index < -0.39 is 0 Å². The van der Waals surface area contributed by atoms with Gasteiger partial charge in [-0.25, -0.2) is 4.98 Å². The largest absolute Gasteiger partial charge is 0.322 e. The number of aliphatic imine (C=N–C) groups is 1. The van der Waals surface area contributed by atoms with Crippen LogP contribution in [0.25, 0.3) is 55.5 Å². The maximum atomic E-state index is 5.13. The van der Waals surface area contributed by atoms with Crippen molar-refractivity contribution in [2.24, 2.45) is 4.99 Å². The van der Waals surface area contributed by atoms with Gasteiger partial charge in [-0.2, -0.15) is 0 Å². The summed E-state index contributed by atoms with van der Waals surface area (Å²) in [5.74, 6) is 0. The van der Waals surface area contributed by atoms with Gasteiger partial charge in [0.1, 0.15) is 6.67 Å². The van der Waals surface area contributed by atoms with E-state index in [4.69, 9.17) is 4.98 Å². The molecule has 0 saturated heterocycles. The number of pyridine rings is 1. The van der Waals surface area contributed by atoms with Crippen molar-refractivity contribution in [1.82, 2.24) is 4.98 Å². The van der Waals surface area contributed by atoms with Crippen LogP contribution in [0.4, 0.5) is 28.4 Å². The summed E-state index contributed by atoms with van der Waals surface area (Å²) in [6.07, 6.45) is 0. The Balaban J connectivity index is 1.23. The van der Waals surface area contributed by atoms with Crippen molar-refractivity contribution < 1.29 is 0 Å². The molecule has 0 amide bonds. The average Bonchev–Trinajstić information content (AvgIpc) is 3.35. The topological polar surface area (TPSA) is 31.7 Å². The molecule has 51 heavy (non-hydrogen) atoms. The first-order chi connectivity index (χ1) is 25.2. The van der Waals surface area contributed by atoms with E-state index in [0.29, 0.717) is 6.67 Å². The van der Waals surface area contributed by atoms with E-state index in [1.165, 1.54) is 21.9 Å². The van der Waals surface area contributed by atoms with Crippen molar-refractivity contribution in [3.8, 4) is 44.8 Å². The highest BCUT2D eigenvalue weighted by Gasteiger charge is 2.28. The number of nitrogens with zero attached hydrogens (tertiary/aromatic N) is 4. The molecular weight excluding hydrogens is 621 g/mol. The lowest BCUT2D eigenvalue weighted by Gasteiger charge is -2.33. The van der Waals surface area contributed by atoms with E-state index in [1.807, 2.05) is 24.3 Å². The first kappa shape index (κ1) is 30.3. The Bertz CT molecular complexity index is 2480. The normalized spacial score (nSPS) is 12.2. The Morgan fingerprint density at radius 3 is 1.73 bits per heavy atom. The molecule has 0 unspecified atom stereocenters. The maximum absolute atomic E-state index is 5.13. The number of anilines is 4. The zero-order valence-corrected chi connectivity index (χ0v) is 28.0. The molecule has 1 aliphatic heterocycles. The Hall–Kier alpha value is -6.78. The van der Waals surface area contributed by atoms with Gasteiger partial charge < -0.3 is 9.80 Å². The Morgan fingerprint density at radius 2 is 1.02 bits per heavy atom. The standard InChI is InChI=1S/C47H34N4/c1-48-42-24-11-13-26-46(42)51-32-50(45-25-12-10-23-40(45)41-28-36-19-8-9-20-37(36)31-47(41)51)39-22-14-21-35(27-39)38-29-43(33-15-4-2-5-16-33)49-44(30-38)34-17-6-3-7-18-34/h2-31H,1,32H2. The van der Waals surface area contributed by atoms with Crippen molar-refractivity contribution in [2.75, 3.05) is 16.5 Å². The lowest BCUT2D eigenvalue weighted by atomic mass is 9.97. The zero-order valence-electron chi connectivity index (χ0n) is 28.0. The SMILES string of the molecule is C=Nc1ccccc1N1CN(c2cccc(-c3cc(-c4ccccc4)nc(-c4ccccc4)c3)c2)c2ccccc2-c2cc3ccccc3cc21. The Labute approximate surface area is 298 Å². The number of aromatic nitrogens is 1. The third kappa shape index (κ3) is 5.63. The van der Waals surface area contributed by atoms with E-state index in [-0.39, 0.29) is 0 Å². The minimum absolute atomic E-state index is 0.569. The van der Waals surface area contributed by atoms with Gasteiger partial charge >= 0.3 is 0 Å². The highest BCUT2D eigenvalue weighted by atomic mass is 15.3. The lowest BCUT2D eigenvalue weighted by Crippen LogP contribution is -2.31. The highest BCUT2D eigenvalue weighted by Crippen LogP contribution is 2.48. The quantitative estimate of drug-likeness (QED) is 0.167. The van der Waals surface area contributed by atoms with E-state index in [9.17, 15) is 0 Å². The molecule has 4 nitrogen and oxygen atoms in total. The van der Waals surface area contributed by atoms with Gasteiger partial charge in [-0.3, -0.25) is 4.99 Å². The van der Waals surface area contributed by atoms with E-state index in [0.717, 1.165) is 62.1 Å². The molecular formula is C47H34N4. The number of hydrogen-bond donors (Lipinski definition) is 0. The van der Waals surface area contributed by atoms with E-state index >= 15 is 0 Å². The summed E-state index contributed by atoms with van der Waals surface area (Å²) >= 11 is 0. The number of rotatable bonds is 6. The van der Waals surface area contributed by atoms with Gasteiger partial charge in [-0.15, -0.1) is 0 Å².